The van der Waals surface area contributed by atoms with Crippen molar-refractivity contribution < 1.29 is 27.5 Å². The van der Waals surface area contributed by atoms with Crippen molar-refractivity contribution >= 4 is 11.9 Å². The molecule has 1 heterocycles. The Bertz CT molecular complexity index is 443. The number of nitrogens with zero attached hydrogens (tertiary/aromatic N) is 1. The third-order valence-corrected chi connectivity index (χ3v) is 1.94. The van der Waals surface area contributed by atoms with E-state index in [2.05, 4.69) is 15.0 Å². The molecule has 0 spiro atoms. The lowest BCUT2D eigenvalue weighted by Gasteiger charge is -2.07. The Morgan fingerprint density at radius 2 is 2.06 bits per heavy atom. The second-order valence-corrected chi connectivity index (χ2v) is 3.19. The van der Waals surface area contributed by atoms with Gasteiger partial charge in [-0.2, -0.15) is 13.2 Å². The van der Waals surface area contributed by atoms with Gasteiger partial charge in [-0.05, 0) is 12.1 Å². The number of methoxy groups -OCH3 is 1. The highest BCUT2D eigenvalue weighted by atomic mass is 19.4. The van der Waals surface area contributed by atoms with Crippen molar-refractivity contribution in [2.24, 2.45) is 0 Å². The standard InChI is InChI=1S/C10H9F3N2O3/c1-18-8(16)5-15-9(17)7-3-2-6(4-14-7)10(11,12)13/h2-4H,5H2,1H3,(H,15,17). The first-order valence-electron chi connectivity index (χ1n) is 4.73. The molecule has 0 aliphatic heterocycles. The normalized spacial score (nSPS) is 10.9. The number of halogens is 3. The summed E-state index contributed by atoms with van der Waals surface area (Å²) < 4.78 is 40.9. The molecule has 1 rings (SSSR count). The molecule has 0 unspecified atom stereocenters. The molecule has 5 nitrogen and oxygen atoms in total. The van der Waals surface area contributed by atoms with E-state index in [9.17, 15) is 22.8 Å². The first-order valence-corrected chi connectivity index (χ1v) is 4.73. The van der Waals surface area contributed by atoms with Crippen molar-refractivity contribution in [2.75, 3.05) is 13.7 Å². The van der Waals surface area contributed by atoms with E-state index in [-0.39, 0.29) is 12.2 Å². The van der Waals surface area contributed by atoms with Gasteiger partial charge in [0.2, 0.25) is 0 Å². The number of rotatable bonds is 3. The van der Waals surface area contributed by atoms with E-state index in [4.69, 9.17) is 0 Å². The molecule has 0 saturated heterocycles. The molecule has 1 N–H and O–H groups in total. The van der Waals surface area contributed by atoms with Crippen LogP contribution in [0.5, 0.6) is 0 Å². The van der Waals surface area contributed by atoms with E-state index >= 15 is 0 Å². The number of amides is 1. The van der Waals surface area contributed by atoms with Gasteiger partial charge in [0.05, 0.1) is 12.7 Å². The lowest BCUT2D eigenvalue weighted by molar-refractivity contribution is -0.139. The summed E-state index contributed by atoms with van der Waals surface area (Å²) in [5.41, 5.74) is -1.17. The largest absolute Gasteiger partial charge is 0.468 e. The van der Waals surface area contributed by atoms with E-state index < -0.39 is 23.6 Å². The Hall–Kier alpha value is -2.12. The summed E-state index contributed by atoms with van der Waals surface area (Å²) in [5, 5.41) is 2.15. The van der Waals surface area contributed by atoms with Gasteiger partial charge < -0.3 is 10.1 Å². The highest BCUT2D eigenvalue weighted by molar-refractivity contribution is 5.94. The molecule has 1 aromatic rings. The van der Waals surface area contributed by atoms with E-state index in [1.807, 2.05) is 0 Å². The van der Waals surface area contributed by atoms with Crippen LogP contribution in [0.25, 0.3) is 0 Å². The average molecular weight is 262 g/mol. The van der Waals surface area contributed by atoms with Gasteiger partial charge >= 0.3 is 12.1 Å². The first-order chi connectivity index (χ1) is 8.34. The van der Waals surface area contributed by atoms with Crippen molar-refractivity contribution in [3.8, 4) is 0 Å². The second-order valence-electron chi connectivity index (χ2n) is 3.19. The molecule has 0 aromatic carbocycles. The summed E-state index contributed by atoms with van der Waals surface area (Å²) >= 11 is 0. The maximum Gasteiger partial charge on any atom is 0.417 e. The quantitative estimate of drug-likeness (QED) is 0.825. The molecule has 18 heavy (non-hydrogen) atoms. The van der Waals surface area contributed by atoms with Crippen LogP contribution in [0.1, 0.15) is 16.1 Å². The number of hydrogen-bond donors (Lipinski definition) is 1. The summed E-state index contributed by atoms with van der Waals surface area (Å²) in [4.78, 5) is 25.5. The zero-order chi connectivity index (χ0) is 13.8. The number of carbonyl (C=O) groups is 2. The fraction of sp³-hybridized carbons (Fsp3) is 0.300. The molecule has 0 saturated carbocycles. The predicted molar refractivity (Wildman–Crippen MR) is 53.6 cm³/mol. The summed E-state index contributed by atoms with van der Waals surface area (Å²) in [6.07, 6.45) is -3.96. The maximum atomic E-state index is 12.2. The number of nitrogens with one attached hydrogen (secondary N) is 1. The van der Waals surface area contributed by atoms with Crippen LogP contribution in [0, 0.1) is 0 Å². The SMILES string of the molecule is COC(=O)CNC(=O)c1ccc(C(F)(F)F)cn1. The molecule has 0 atom stereocenters. The second kappa shape index (κ2) is 5.48. The molecule has 8 heteroatoms. The van der Waals surface area contributed by atoms with Gasteiger partial charge in [-0.1, -0.05) is 0 Å². The van der Waals surface area contributed by atoms with Crippen molar-refractivity contribution in [3.05, 3.63) is 29.6 Å². The van der Waals surface area contributed by atoms with E-state index in [0.29, 0.717) is 6.20 Å². The average Bonchev–Trinajstić information content (AvgIpc) is 2.34. The minimum atomic E-state index is -4.51. The number of hydrogen-bond acceptors (Lipinski definition) is 4. The minimum Gasteiger partial charge on any atom is -0.468 e. The molecule has 0 bridgehead atoms. The highest BCUT2D eigenvalue weighted by Crippen LogP contribution is 2.28. The van der Waals surface area contributed by atoms with Gasteiger partial charge in [-0.3, -0.25) is 14.6 Å². The van der Waals surface area contributed by atoms with Crippen LogP contribution in [0.3, 0.4) is 0 Å². The molecule has 1 amide bonds. The van der Waals surface area contributed by atoms with Gasteiger partial charge in [-0.25, -0.2) is 0 Å². The van der Waals surface area contributed by atoms with Crippen LogP contribution >= 0.6 is 0 Å². The summed E-state index contributed by atoms with van der Waals surface area (Å²) in [7, 11) is 1.14. The van der Waals surface area contributed by atoms with Gasteiger partial charge in [0, 0.05) is 6.20 Å². The van der Waals surface area contributed by atoms with Gasteiger partial charge in [0.25, 0.3) is 5.91 Å². The van der Waals surface area contributed by atoms with Crippen LogP contribution in [0.2, 0.25) is 0 Å². The number of esters is 1. The molecule has 0 aliphatic rings. The van der Waals surface area contributed by atoms with Crippen molar-refractivity contribution in [2.45, 2.75) is 6.18 Å². The lowest BCUT2D eigenvalue weighted by Crippen LogP contribution is -2.30. The number of pyridine rings is 1. The summed E-state index contributed by atoms with van der Waals surface area (Å²) in [6, 6.07) is 1.66. The highest BCUT2D eigenvalue weighted by Gasteiger charge is 2.30. The maximum absolute atomic E-state index is 12.2. The molecule has 98 valence electrons. The van der Waals surface area contributed by atoms with Gasteiger partial charge in [-0.15, -0.1) is 0 Å². The molecule has 1 aromatic heterocycles. The van der Waals surface area contributed by atoms with E-state index in [0.717, 1.165) is 19.2 Å². The molecule has 0 radical (unpaired) electrons. The summed E-state index contributed by atoms with van der Waals surface area (Å²) in [6.45, 7) is -0.377. The van der Waals surface area contributed by atoms with Gasteiger partial charge in [0.1, 0.15) is 12.2 Å². The monoisotopic (exact) mass is 262 g/mol. The fourth-order valence-corrected chi connectivity index (χ4v) is 1.01. The van der Waals surface area contributed by atoms with Crippen LogP contribution in [-0.4, -0.2) is 30.5 Å². The number of ether oxygens (including phenoxy) is 1. The van der Waals surface area contributed by atoms with Crippen LogP contribution in [0.4, 0.5) is 13.2 Å². The predicted octanol–water partition coefficient (Wildman–Crippen LogP) is 1.00. The Morgan fingerprint density at radius 3 is 2.50 bits per heavy atom. The zero-order valence-electron chi connectivity index (χ0n) is 9.25. The van der Waals surface area contributed by atoms with E-state index in [1.54, 1.807) is 0 Å². The smallest absolute Gasteiger partial charge is 0.417 e. The Balaban J connectivity index is 2.68. The van der Waals surface area contributed by atoms with Crippen molar-refractivity contribution in [1.29, 1.82) is 0 Å². The minimum absolute atomic E-state index is 0.216. The van der Waals surface area contributed by atoms with E-state index in [1.165, 1.54) is 0 Å². The Morgan fingerprint density at radius 1 is 1.39 bits per heavy atom. The lowest BCUT2D eigenvalue weighted by atomic mass is 10.2. The topological polar surface area (TPSA) is 68.3 Å². The Kier molecular flexibility index (Phi) is 4.24. The Labute approximate surface area is 100.0 Å². The number of alkyl halides is 3. The first kappa shape index (κ1) is 13.9. The third kappa shape index (κ3) is 3.72. The molecule has 0 fully saturated rings. The molecular formula is C10H9F3N2O3. The fourth-order valence-electron chi connectivity index (χ4n) is 1.01. The zero-order valence-corrected chi connectivity index (χ0v) is 9.25. The van der Waals surface area contributed by atoms with Crippen LogP contribution < -0.4 is 5.32 Å². The summed E-state index contributed by atoms with van der Waals surface area (Å²) in [5.74, 6) is -1.43. The number of carbonyl (C=O) groups excluding carboxylic acids is 2. The third-order valence-electron chi connectivity index (χ3n) is 1.94. The van der Waals surface area contributed by atoms with Crippen molar-refractivity contribution in [1.82, 2.24) is 10.3 Å². The number of aromatic nitrogens is 1. The van der Waals surface area contributed by atoms with Gasteiger partial charge in [0.15, 0.2) is 0 Å². The molecule has 0 aliphatic carbocycles. The van der Waals surface area contributed by atoms with Crippen molar-refractivity contribution in [3.63, 3.8) is 0 Å². The van der Waals surface area contributed by atoms with Crippen LogP contribution in [0.15, 0.2) is 18.3 Å². The van der Waals surface area contributed by atoms with Crippen LogP contribution in [-0.2, 0) is 15.7 Å². The molecular weight excluding hydrogens is 253 g/mol.